The molecule has 2 aromatic carbocycles. The summed E-state index contributed by atoms with van der Waals surface area (Å²) in [4.78, 5) is 0. The minimum Gasteiger partial charge on any atom is -0.497 e. The van der Waals surface area contributed by atoms with Crippen molar-refractivity contribution >= 4 is 43.5 Å². The molecule has 1 atom stereocenters. The van der Waals surface area contributed by atoms with E-state index in [4.69, 9.17) is 16.3 Å². The Morgan fingerprint density at radius 2 is 1.74 bits per heavy atom. The standard InChI is InChI=1S/C14H10Br2ClFO/c1-19-11-2-3-12(13(18)7-11)14(17)8-4-9(15)6-10(16)5-8/h2-7,14H,1H3. The highest BCUT2D eigenvalue weighted by atomic mass is 79.9. The lowest BCUT2D eigenvalue weighted by Gasteiger charge is -2.13. The highest BCUT2D eigenvalue weighted by molar-refractivity contribution is 9.11. The predicted molar refractivity (Wildman–Crippen MR) is 82.5 cm³/mol. The summed E-state index contributed by atoms with van der Waals surface area (Å²) in [5.74, 6) is 0.0935. The van der Waals surface area contributed by atoms with Crippen LogP contribution in [0, 0.1) is 5.82 Å². The van der Waals surface area contributed by atoms with Crippen molar-refractivity contribution in [3.63, 3.8) is 0 Å². The summed E-state index contributed by atoms with van der Waals surface area (Å²) in [5.41, 5.74) is 1.24. The average molecular weight is 408 g/mol. The van der Waals surface area contributed by atoms with Gasteiger partial charge in [-0.05, 0) is 29.8 Å². The van der Waals surface area contributed by atoms with Gasteiger partial charge >= 0.3 is 0 Å². The van der Waals surface area contributed by atoms with E-state index in [0.29, 0.717) is 11.3 Å². The second-order valence-corrected chi connectivity index (χ2v) is 6.22. The fourth-order valence-corrected chi connectivity index (χ4v) is 3.37. The minimum atomic E-state index is -0.556. The SMILES string of the molecule is COc1ccc(C(Cl)c2cc(Br)cc(Br)c2)c(F)c1. The Bertz CT molecular complexity index is 584. The number of ether oxygens (including phenoxy) is 1. The summed E-state index contributed by atoms with van der Waals surface area (Å²) in [6.07, 6.45) is 0. The van der Waals surface area contributed by atoms with Gasteiger partial charge in [-0.2, -0.15) is 0 Å². The van der Waals surface area contributed by atoms with Crippen molar-refractivity contribution in [2.75, 3.05) is 7.11 Å². The molecule has 0 spiro atoms. The molecule has 0 aliphatic carbocycles. The molecule has 0 saturated heterocycles. The number of hydrogen-bond donors (Lipinski definition) is 0. The molecule has 0 aliphatic heterocycles. The number of alkyl halides is 1. The van der Waals surface area contributed by atoms with Crippen molar-refractivity contribution in [3.8, 4) is 5.75 Å². The van der Waals surface area contributed by atoms with E-state index in [2.05, 4.69) is 31.9 Å². The highest BCUT2D eigenvalue weighted by Crippen LogP contribution is 2.34. The van der Waals surface area contributed by atoms with Crippen LogP contribution in [-0.2, 0) is 0 Å². The fourth-order valence-electron chi connectivity index (χ4n) is 1.74. The van der Waals surface area contributed by atoms with Crippen LogP contribution >= 0.6 is 43.5 Å². The second kappa shape index (κ2) is 6.25. The maximum atomic E-state index is 14.0. The number of rotatable bonds is 3. The number of benzene rings is 2. The molecule has 0 bridgehead atoms. The third-order valence-corrected chi connectivity index (χ3v) is 4.06. The molecule has 1 unspecified atom stereocenters. The Labute approximate surface area is 133 Å². The first-order chi connectivity index (χ1) is 9.01. The van der Waals surface area contributed by atoms with Gasteiger partial charge in [0.1, 0.15) is 11.6 Å². The van der Waals surface area contributed by atoms with Crippen LogP contribution in [0.15, 0.2) is 45.3 Å². The second-order valence-electron chi connectivity index (χ2n) is 3.95. The molecule has 100 valence electrons. The van der Waals surface area contributed by atoms with Crippen LogP contribution in [0.1, 0.15) is 16.5 Å². The van der Waals surface area contributed by atoms with Crippen molar-refractivity contribution in [1.82, 2.24) is 0 Å². The topological polar surface area (TPSA) is 9.23 Å². The normalized spacial score (nSPS) is 12.3. The maximum Gasteiger partial charge on any atom is 0.131 e. The van der Waals surface area contributed by atoms with Crippen LogP contribution in [-0.4, -0.2) is 7.11 Å². The van der Waals surface area contributed by atoms with Crippen molar-refractivity contribution in [2.45, 2.75) is 5.38 Å². The molecule has 2 aromatic rings. The van der Waals surface area contributed by atoms with Crippen LogP contribution in [0.3, 0.4) is 0 Å². The molecule has 0 fully saturated rings. The molecule has 0 saturated carbocycles. The molecule has 2 rings (SSSR count). The molecule has 0 amide bonds. The van der Waals surface area contributed by atoms with Crippen LogP contribution in [0.5, 0.6) is 5.75 Å². The van der Waals surface area contributed by atoms with E-state index < -0.39 is 5.38 Å². The fraction of sp³-hybridized carbons (Fsp3) is 0.143. The zero-order chi connectivity index (χ0) is 14.0. The first kappa shape index (κ1) is 14.8. The largest absolute Gasteiger partial charge is 0.497 e. The quantitative estimate of drug-likeness (QED) is 0.593. The van der Waals surface area contributed by atoms with Gasteiger partial charge in [-0.3, -0.25) is 0 Å². The van der Waals surface area contributed by atoms with Crippen LogP contribution in [0.2, 0.25) is 0 Å². The van der Waals surface area contributed by atoms with Gasteiger partial charge in [-0.15, -0.1) is 11.6 Å². The minimum absolute atomic E-state index is 0.379. The molecular formula is C14H10Br2ClFO. The summed E-state index contributed by atoms with van der Waals surface area (Å²) in [7, 11) is 1.50. The third-order valence-electron chi connectivity index (χ3n) is 2.66. The lowest BCUT2D eigenvalue weighted by Crippen LogP contribution is -1.98. The number of halogens is 4. The van der Waals surface area contributed by atoms with Gasteiger partial charge in [-0.1, -0.05) is 37.9 Å². The molecule has 0 aromatic heterocycles. The maximum absolute atomic E-state index is 14.0. The van der Waals surface area contributed by atoms with E-state index in [1.807, 2.05) is 18.2 Å². The van der Waals surface area contributed by atoms with Crippen molar-refractivity contribution < 1.29 is 9.13 Å². The lowest BCUT2D eigenvalue weighted by atomic mass is 10.0. The predicted octanol–water partition coefficient (Wildman–Crippen LogP) is 5.69. The van der Waals surface area contributed by atoms with Crippen molar-refractivity contribution in [1.29, 1.82) is 0 Å². The van der Waals surface area contributed by atoms with Gasteiger partial charge in [0.05, 0.1) is 12.5 Å². The average Bonchev–Trinajstić information content (AvgIpc) is 2.36. The smallest absolute Gasteiger partial charge is 0.131 e. The van der Waals surface area contributed by atoms with Crippen LogP contribution < -0.4 is 4.74 Å². The Balaban J connectivity index is 2.40. The zero-order valence-electron chi connectivity index (χ0n) is 9.96. The van der Waals surface area contributed by atoms with Gasteiger partial charge in [0.15, 0.2) is 0 Å². The summed E-state index contributed by atoms with van der Waals surface area (Å²) in [6.45, 7) is 0. The molecule has 0 N–H and O–H groups in total. The number of methoxy groups -OCH3 is 1. The van der Waals surface area contributed by atoms with E-state index in [1.165, 1.54) is 13.2 Å². The van der Waals surface area contributed by atoms with Gasteiger partial charge < -0.3 is 4.74 Å². The van der Waals surface area contributed by atoms with E-state index in [9.17, 15) is 4.39 Å². The van der Waals surface area contributed by atoms with Gasteiger partial charge in [0.2, 0.25) is 0 Å². The van der Waals surface area contributed by atoms with Gasteiger partial charge in [-0.25, -0.2) is 4.39 Å². The molecule has 0 radical (unpaired) electrons. The van der Waals surface area contributed by atoms with Gasteiger partial charge in [0, 0.05) is 20.6 Å². The summed E-state index contributed by atoms with van der Waals surface area (Å²) in [5, 5.41) is -0.556. The monoisotopic (exact) mass is 406 g/mol. The molecule has 0 aliphatic rings. The molecule has 5 heteroatoms. The first-order valence-electron chi connectivity index (χ1n) is 5.44. The summed E-state index contributed by atoms with van der Waals surface area (Å²) in [6, 6.07) is 10.3. The molecule has 0 heterocycles. The van der Waals surface area contributed by atoms with Gasteiger partial charge in [0.25, 0.3) is 0 Å². The zero-order valence-corrected chi connectivity index (χ0v) is 13.9. The van der Waals surface area contributed by atoms with E-state index in [0.717, 1.165) is 14.5 Å². The van der Waals surface area contributed by atoms with E-state index in [1.54, 1.807) is 12.1 Å². The van der Waals surface area contributed by atoms with Crippen LogP contribution in [0.4, 0.5) is 4.39 Å². The van der Waals surface area contributed by atoms with E-state index in [-0.39, 0.29) is 5.82 Å². The van der Waals surface area contributed by atoms with E-state index >= 15 is 0 Å². The van der Waals surface area contributed by atoms with Crippen LogP contribution in [0.25, 0.3) is 0 Å². The number of hydrogen-bond acceptors (Lipinski definition) is 1. The van der Waals surface area contributed by atoms with Crippen molar-refractivity contribution in [2.24, 2.45) is 0 Å². The lowest BCUT2D eigenvalue weighted by molar-refractivity contribution is 0.410. The van der Waals surface area contributed by atoms with Crippen molar-refractivity contribution in [3.05, 3.63) is 62.3 Å². The Morgan fingerprint density at radius 3 is 2.26 bits per heavy atom. The Hall–Kier alpha value is -0.580. The molecule has 19 heavy (non-hydrogen) atoms. The molecule has 1 nitrogen and oxygen atoms in total. The Kier molecular flexibility index (Phi) is 4.87. The first-order valence-corrected chi connectivity index (χ1v) is 7.47. The third kappa shape index (κ3) is 3.50. The molecular weight excluding hydrogens is 398 g/mol. The summed E-state index contributed by atoms with van der Waals surface area (Å²) < 4.78 is 20.7. The Morgan fingerprint density at radius 1 is 1.11 bits per heavy atom. The summed E-state index contributed by atoms with van der Waals surface area (Å²) >= 11 is 13.1. The highest BCUT2D eigenvalue weighted by Gasteiger charge is 2.16.